The highest BCUT2D eigenvalue weighted by Crippen LogP contribution is 2.06. The molecule has 1 fully saturated rings. The summed E-state index contributed by atoms with van der Waals surface area (Å²) in [4.78, 5) is 25.0. The fourth-order valence-electron chi connectivity index (χ4n) is 1.92. The molecule has 1 aliphatic rings. The summed E-state index contributed by atoms with van der Waals surface area (Å²) in [6.07, 6.45) is 3.59. The lowest BCUT2D eigenvalue weighted by Crippen LogP contribution is -2.38. The number of carbonyl (C=O) groups excluding carboxylic acids is 2. The number of likely N-dealkylation sites (tertiary alicyclic amines) is 1. The Labute approximate surface area is 109 Å². The zero-order valence-corrected chi connectivity index (χ0v) is 11.5. The van der Waals surface area contributed by atoms with Crippen molar-refractivity contribution in [2.24, 2.45) is 0 Å². The third-order valence-electron chi connectivity index (χ3n) is 3.28. The highest BCUT2D eigenvalue weighted by Gasteiger charge is 2.16. The quantitative estimate of drug-likeness (QED) is 0.651. The Hall–Kier alpha value is -1.10. The molecule has 2 amide bonds. The summed E-state index contributed by atoms with van der Waals surface area (Å²) in [5, 5.41) is 5.93. The molecule has 1 unspecified atom stereocenters. The molecule has 104 valence electrons. The van der Waals surface area contributed by atoms with E-state index in [1.54, 1.807) is 0 Å². The van der Waals surface area contributed by atoms with Crippen LogP contribution in [-0.4, -0.2) is 48.9 Å². The van der Waals surface area contributed by atoms with Crippen molar-refractivity contribution in [2.75, 3.05) is 26.2 Å². The van der Waals surface area contributed by atoms with Gasteiger partial charge in [-0.3, -0.25) is 9.59 Å². The average molecular weight is 255 g/mol. The van der Waals surface area contributed by atoms with E-state index >= 15 is 0 Å². The van der Waals surface area contributed by atoms with Gasteiger partial charge in [-0.05, 0) is 26.2 Å². The summed E-state index contributed by atoms with van der Waals surface area (Å²) in [6, 6.07) is 0.226. The molecular formula is C13H25N3O2. The molecule has 0 radical (unpaired) electrons. The number of rotatable bonds is 7. The van der Waals surface area contributed by atoms with Crippen LogP contribution in [-0.2, 0) is 9.59 Å². The molecule has 5 nitrogen and oxygen atoms in total. The molecule has 1 rings (SSSR count). The second-order valence-corrected chi connectivity index (χ2v) is 4.89. The Kier molecular flexibility index (Phi) is 6.72. The smallest absolute Gasteiger partial charge is 0.236 e. The van der Waals surface area contributed by atoms with Crippen molar-refractivity contribution in [3.8, 4) is 0 Å². The van der Waals surface area contributed by atoms with Crippen molar-refractivity contribution >= 4 is 11.8 Å². The molecule has 0 spiro atoms. The van der Waals surface area contributed by atoms with Gasteiger partial charge in [0.05, 0.1) is 6.54 Å². The third kappa shape index (κ3) is 5.49. The van der Waals surface area contributed by atoms with Gasteiger partial charge in [0.25, 0.3) is 0 Å². The average Bonchev–Trinajstić information content (AvgIpc) is 2.88. The molecule has 18 heavy (non-hydrogen) atoms. The van der Waals surface area contributed by atoms with Crippen LogP contribution in [0.5, 0.6) is 0 Å². The first kappa shape index (κ1) is 15.0. The van der Waals surface area contributed by atoms with Gasteiger partial charge in [-0.2, -0.15) is 0 Å². The van der Waals surface area contributed by atoms with Crippen molar-refractivity contribution in [1.29, 1.82) is 0 Å². The number of nitrogens with zero attached hydrogens (tertiary/aromatic N) is 1. The Morgan fingerprint density at radius 2 is 1.94 bits per heavy atom. The van der Waals surface area contributed by atoms with Gasteiger partial charge in [0, 0.05) is 32.1 Å². The number of hydrogen-bond donors (Lipinski definition) is 2. The maximum Gasteiger partial charge on any atom is 0.236 e. The molecule has 0 saturated carbocycles. The van der Waals surface area contributed by atoms with Gasteiger partial charge < -0.3 is 15.5 Å². The van der Waals surface area contributed by atoms with E-state index in [1.807, 2.05) is 18.7 Å². The van der Waals surface area contributed by atoms with E-state index in [4.69, 9.17) is 0 Å². The highest BCUT2D eigenvalue weighted by atomic mass is 16.2. The zero-order valence-electron chi connectivity index (χ0n) is 11.5. The Morgan fingerprint density at radius 1 is 1.28 bits per heavy atom. The molecule has 0 aromatic carbocycles. The van der Waals surface area contributed by atoms with E-state index in [0.717, 1.165) is 32.4 Å². The predicted molar refractivity (Wildman–Crippen MR) is 71.2 cm³/mol. The van der Waals surface area contributed by atoms with Crippen LogP contribution in [0.15, 0.2) is 0 Å². The summed E-state index contributed by atoms with van der Waals surface area (Å²) in [5.41, 5.74) is 0. The fourth-order valence-corrected chi connectivity index (χ4v) is 1.92. The lowest BCUT2D eigenvalue weighted by atomic mass is 10.2. The molecule has 0 bridgehead atoms. The largest absolute Gasteiger partial charge is 0.354 e. The van der Waals surface area contributed by atoms with Gasteiger partial charge in [0.1, 0.15) is 0 Å². The van der Waals surface area contributed by atoms with Crippen molar-refractivity contribution < 1.29 is 9.59 Å². The molecule has 0 aromatic heterocycles. The van der Waals surface area contributed by atoms with Gasteiger partial charge in [0.2, 0.25) is 11.8 Å². The molecule has 2 N–H and O–H groups in total. The molecule has 1 aliphatic heterocycles. The number of carbonyl (C=O) groups is 2. The van der Waals surface area contributed by atoms with Crippen molar-refractivity contribution in [3.05, 3.63) is 0 Å². The summed E-state index contributed by atoms with van der Waals surface area (Å²) in [5.74, 6) is 0.195. The standard InChI is InChI=1S/C13H25N3O2/c1-3-11(2)15-12(17)6-7-14-10-13(18)16-8-4-5-9-16/h11,14H,3-10H2,1-2H3,(H,15,17). The molecular weight excluding hydrogens is 230 g/mol. The van der Waals surface area contributed by atoms with Gasteiger partial charge in [-0.1, -0.05) is 6.92 Å². The second-order valence-electron chi connectivity index (χ2n) is 4.89. The van der Waals surface area contributed by atoms with E-state index in [9.17, 15) is 9.59 Å². The summed E-state index contributed by atoms with van der Waals surface area (Å²) in [7, 11) is 0. The Morgan fingerprint density at radius 3 is 2.56 bits per heavy atom. The van der Waals surface area contributed by atoms with Gasteiger partial charge in [-0.15, -0.1) is 0 Å². The summed E-state index contributed by atoms with van der Waals surface area (Å²) in [6.45, 7) is 6.70. The van der Waals surface area contributed by atoms with E-state index in [2.05, 4.69) is 10.6 Å². The Balaban J connectivity index is 2.03. The number of nitrogens with one attached hydrogen (secondary N) is 2. The van der Waals surface area contributed by atoms with E-state index in [1.165, 1.54) is 0 Å². The highest BCUT2D eigenvalue weighted by molar-refractivity contribution is 5.79. The van der Waals surface area contributed by atoms with E-state index in [-0.39, 0.29) is 17.9 Å². The molecule has 5 heteroatoms. The van der Waals surface area contributed by atoms with Crippen molar-refractivity contribution in [3.63, 3.8) is 0 Å². The van der Waals surface area contributed by atoms with Crippen molar-refractivity contribution in [2.45, 2.75) is 45.6 Å². The normalized spacial score (nSPS) is 16.7. The summed E-state index contributed by atoms with van der Waals surface area (Å²) >= 11 is 0. The third-order valence-corrected chi connectivity index (χ3v) is 3.28. The van der Waals surface area contributed by atoms with Crippen LogP contribution in [0.2, 0.25) is 0 Å². The van der Waals surface area contributed by atoms with Crippen LogP contribution in [0.4, 0.5) is 0 Å². The molecule has 0 aliphatic carbocycles. The van der Waals surface area contributed by atoms with Crippen LogP contribution >= 0.6 is 0 Å². The first-order chi connectivity index (χ1) is 8.63. The number of amides is 2. The maximum absolute atomic E-state index is 11.7. The van der Waals surface area contributed by atoms with Gasteiger partial charge in [0.15, 0.2) is 0 Å². The van der Waals surface area contributed by atoms with Crippen LogP contribution in [0.3, 0.4) is 0 Å². The van der Waals surface area contributed by atoms with Crippen molar-refractivity contribution in [1.82, 2.24) is 15.5 Å². The van der Waals surface area contributed by atoms with Gasteiger partial charge >= 0.3 is 0 Å². The zero-order chi connectivity index (χ0) is 13.4. The first-order valence-electron chi connectivity index (χ1n) is 6.91. The topological polar surface area (TPSA) is 61.4 Å². The predicted octanol–water partition coefficient (Wildman–Crippen LogP) is 0.503. The fraction of sp³-hybridized carbons (Fsp3) is 0.846. The number of hydrogen-bond acceptors (Lipinski definition) is 3. The minimum atomic E-state index is 0.0467. The lowest BCUT2D eigenvalue weighted by molar-refractivity contribution is -0.129. The van der Waals surface area contributed by atoms with Crippen LogP contribution in [0.25, 0.3) is 0 Å². The van der Waals surface area contributed by atoms with E-state index < -0.39 is 0 Å². The Bertz CT molecular complexity index is 275. The van der Waals surface area contributed by atoms with Crippen LogP contribution < -0.4 is 10.6 Å². The SMILES string of the molecule is CCC(C)NC(=O)CCNCC(=O)N1CCCC1. The molecule has 1 heterocycles. The molecule has 1 saturated heterocycles. The summed E-state index contributed by atoms with van der Waals surface area (Å²) < 4.78 is 0. The van der Waals surface area contributed by atoms with Gasteiger partial charge in [-0.25, -0.2) is 0 Å². The maximum atomic E-state index is 11.7. The minimum absolute atomic E-state index is 0.0467. The molecule has 1 atom stereocenters. The minimum Gasteiger partial charge on any atom is -0.354 e. The first-order valence-corrected chi connectivity index (χ1v) is 6.91. The molecule has 0 aromatic rings. The lowest BCUT2D eigenvalue weighted by Gasteiger charge is -2.15. The monoisotopic (exact) mass is 255 g/mol. The van der Waals surface area contributed by atoms with Crippen LogP contribution in [0.1, 0.15) is 39.5 Å². The van der Waals surface area contributed by atoms with Crippen LogP contribution in [0, 0.1) is 0 Å². The van der Waals surface area contributed by atoms with E-state index in [0.29, 0.717) is 19.5 Å². The second kappa shape index (κ2) is 8.08.